The fourth-order valence-corrected chi connectivity index (χ4v) is 2.95. The first-order valence-corrected chi connectivity index (χ1v) is 8.63. The van der Waals surface area contributed by atoms with Gasteiger partial charge in [0.25, 0.3) is 0 Å². The van der Waals surface area contributed by atoms with E-state index in [0.717, 1.165) is 32.1 Å². The van der Waals surface area contributed by atoms with E-state index in [1.54, 1.807) is 11.8 Å². The van der Waals surface area contributed by atoms with Crippen LogP contribution in [0.1, 0.15) is 31.0 Å². The molecule has 112 valence electrons. The Morgan fingerprint density at radius 2 is 2.14 bits per heavy atom. The molecular formula is C16H19BrN2OS. The second-order valence-corrected chi connectivity index (χ2v) is 6.60. The van der Waals surface area contributed by atoms with E-state index in [1.165, 1.54) is 0 Å². The van der Waals surface area contributed by atoms with Crippen molar-refractivity contribution < 1.29 is 4.74 Å². The highest BCUT2D eigenvalue weighted by atomic mass is 79.9. The van der Waals surface area contributed by atoms with Crippen molar-refractivity contribution >= 4 is 27.7 Å². The maximum Gasteiger partial charge on any atom is 0.123 e. The van der Waals surface area contributed by atoms with Crippen molar-refractivity contribution in [1.82, 2.24) is 4.98 Å². The number of halogens is 1. The molecule has 2 N–H and O–H groups in total. The summed E-state index contributed by atoms with van der Waals surface area (Å²) in [4.78, 5) is 4.38. The molecule has 0 radical (unpaired) electrons. The summed E-state index contributed by atoms with van der Waals surface area (Å²) in [5.74, 6) is 1.73. The van der Waals surface area contributed by atoms with Crippen LogP contribution < -0.4 is 10.5 Å². The van der Waals surface area contributed by atoms with Gasteiger partial charge in [0.1, 0.15) is 5.75 Å². The molecular weight excluding hydrogens is 348 g/mol. The van der Waals surface area contributed by atoms with Crippen molar-refractivity contribution in [2.75, 3.05) is 6.61 Å². The van der Waals surface area contributed by atoms with Crippen molar-refractivity contribution in [1.29, 1.82) is 0 Å². The molecule has 3 nitrogen and oxygen atoms in total. The normalized spacial score (nSPS) is 12.2. The van der Waals surface area contributed by atoms with Crippen LogP contribution in [0.15, 0.2) is 46.0 Å². The van der Waals surface area contributed by atoms with Gasteiger partial charge in [-0.15, -0.1) is 11.8 Å². The molecule has 21 heavy (non-hydrogen) atoms. The Bertz CT molecular complexity index is 587. The van der Waals surface area contributed by atoms with E-state index < -0.39 is 0 Å². The number of nitrogens with zero attached hydrogens (tertiary/aromatic N) is 1. The summed E-state index contributed by atoms with van der Waals surface area (Å²) in [5, 5.41) is 0.992. The van der Waals surface area contributed by atoms with Crippen molar-refractivity contribution in [3.05, 3.63) is 52.1 Å². The average molecular weight is 367 g/mol. The SMILES string of the molecule is CCOc1ccc(C(C)N)cc1CSc1ccc(Br)cn1. The maximum absolute atomic E-state index is 5.97. The Kier molecular flexibility index (Phi) is 6.08. The van der Waals surface area contributed by atoms with E-state index in [-0.39, 0.29) is 6.04 Å². The minimum absolute atomic E-state index is 0.0234. The molecule has 1 aromatic carbocycles. The zero-order valence-electron chi connectivity index (χ0n) is 12.2. The number of thioether (sulfide) groups is 1. The molecule has 0 bridgehead atoms. The fraction of sp³-hybridized carbons (Fsp3) is 0.312. The molecule has 0 amide bonds. The third-order valence-corrected chi connectivity index (χ3v) is 4.45. The zero-order chi connectivity index (χ0) is 15.2. The number of hydrogen-bond donors (Lipinski definition) is 1. The van der Waals surface area contributed by atoms with E-state index in [9.17, 15) is 0 Å². The Balaban J connectivity index is 2.16. The van der Waals surface area contributed by atoms with E-state index in [4.69, 9.17) is 10.5 Å². The highest BCUT2D eigenvalue weighted by molar-refractivity contribution is 9.10. The number of hydrogen-bond acceptors (Lipinski definition) is 4. The minimum atomic E-state index is 0.0234. The predicted octanol–water partition coefficient (Wildman–Crippen LogP) is 4.55. The second kappa shape index (κ2) is 7.82. The maximum atomic E-state index is 5.97. The number of ether oxygens (including phenoxy) is 1. The van der Waals surface area contributed by atoms with Gasteiger partial charge < -0.3 is 10.5 Å². The summed E-state index contributed by atoms with van der Waals surface area (Å²) in [7, 11) is 0. The second-order valence-electron chi connectivity index (χ2n) is 4.69. The lowest BCUT2D eigenvalue weighted by atomic mass is 10.1. The molecule has 1 unspecified atom stereocenters. The van der Waals surface area contributed by atoms with Crippen molar-refractivity contribution in [3.63, 3.8) is 0 Å². The summed E-state index contributed by atoms with van der Waals surface area (Å²) in [6.07, 6.45) is 1.81. The van der Waals surface area contributed by atoms with Crippen LogP contribution in [0.3, 0.4) is 0 Å². The van der Waals surface area contributed by atoms with Crippen LogP contribution in [0, 0.1) is 0 Å². The molecule has 0 spiro atoms. The van der Waals surface area contributed by atoms with Gasteiger partial charge in [0.15, 0.2) is 0 Å². The number of rotatable bonds is 6. The van der Waals surface area contributed by atoms with Gasteiger partial charge in [-0.2, -0.15) is 0 Å². The Morgan fingerprint density at radius 3 is 2.76 bits per heavy atom. The summed E-state index contributed by atoms with van der Waals surface area (Å²) in [5.41, 5.74) is 8.24. The number of pyridine rings is 1. The summed E-state index contributed by atoms with van der Waals surface area (Å²) in [6.45, 7) is 4.64. The first-order chi connectivity index (χ1) is 10.1. The van der Waals surface area contributed by atoms with Crippen LogP contribution in [0.2, 0.25) is 0 Å². The monoisotopic (exact) mass is 366 g/mol. The summed E-state index contributed by atoms with van der Waals surface area (Å²) in [6, 6.07) is 10.2. The molecule has 0 fully saturated rings. The molecule has 0 aliphatic rings. The van der Waals surface area contributed by atoms with Crippen LogP contribution in [-0.4, -0.2) is 11.6 Å². The van der Waals surface area contributed by atoms with Gasteiger partial charge in [0.2, 0.25) is 0 Å². The number of nitrogens with two attached hydrogens (primary N) is 1. The zero-order valence-corrected chi connectivity index (χ0v) is 14.6. The molecule has 0 saturated carbocycles. The van der Waals surface area contributed by atoms with Crippen molar-refractivity contribution in [3.8, 4) is 5.75 Å². The average Bonchev–Trinajstić information content (AvgIpc) is 2.48. The fourth-order valence-electron chi connectivity index (χ4n) is 1.89. The molecule has 0 saturated heterocycles. The van der Waals surface area contributed by atoms with Crippen LogP contribution in [-0.2, 0) is 5.75 Å². The van der Waals surface area contributed by atoms with Crippen molar-refractivity contribution in [2.45, 2.75) is 30.7 Å². The first kappa shape index (κ1) is 16.3. The highest BCUT2D eigenvalue weighted by Crippen LogP contribution is 2.29. The molecule has 1 heterocycles. The third-order valence-electron chi connectivity index (χ3n) is 2.99. The van der Waals surface area contributed by atoms with E-state index in [2.05, 4.69) is 27.0 Å². The molecule has 1 aromatic heterocycles. The van der Waals surface area contributed by atoms with Gasteiger partial charge in [-0.3, -0.25) is 0 Å². The number of benzene rings is 1. The minimum Gasteiger partial charge on any atom is -0.494 e. The molecule has 1 atom stereocenters. The lowest BCUT2D eigenvalue weighted by molar-refractivity contribution is 0.337. The van der Waals surface area contributed by atoms with Gasteiger partial charge in [-0.05, 0) is 59.6 Å². The molecule has 5 heteroatoms. The smallest absolute Gasteiger partial charge is 0.123 e. The van der Waals surface area contributed by atoms with E-state index in [0.29, 0.717) is 6.61 Å². The van der Waals surface area contributed by atoms with Gasteiger partial charge in [0, 0.05) is 28.0 Å². The Hall–Kier alpha value is -1.04. The Labute approximate surface area is 138 Å². The topological polar surface area (TPSA) is 48.1 Å². The van der Waals surface area contributed by atoms with Crippen LogP contribution in [0.25, 0.3) is 0 Å². The number of aromatic nitrogens is 1. The Morgan fingerprint density at radius 1 is 1.33 bits per heavy atom. The highest BCUT2D eigenvalue weighted by Gasteiger charge is 2.08. The van der Waals surface area contributed by atoms with E-state index >= 15 is 0 Å². The summed E-state index contributed by atoms with van der Waals surface area (Å²) >= 11 is 5.08. The lowest BCUT2D eigenvalue weighted by Crippen LogP contribution is -2.06. The third kappa shape index (κ3) is 4.73. The van der Waals surface area contributed by atoms with Gasteiger partial charge >= 0.3 is 0 Å². The predicted molar refractivity (Wildman–Crippen MR) is 91.7 cm³/mol. The molecule has 0 aliphatic carbocycles. The molecule has 2 aromatic rings. The van der Waals surface area contributed by atoms with Gasteiger partial charge in [-0.1, -0.05) is 6.07 Å². The van der Waals surface area contributed by atoms with Crippen LogP contribution in [0.5, 0.6) is 5.75 Å². The van der Waals surface area contributed by atoms with Crippen LogP contribution in [0.4, 0.5) is 0 Å². The lowest BCUT2D eigenvalue weighted by Gasteiger charge is -2.13. The van der Waals surface area contributed by atoms with Crippen molar-refractivity contribution in [2.24, 2.45) is 5.73 Å². The quantitative estimate of drug-likeness (QED) is 0.761. The van der Waals surface area contributed by atoms with Gasteiger partial charge in [-0.25, -0.2) is 4.98 Å². The van der Waals surface area contributed by atoms with E-state index in [1.807, 2.05) is 44.3 Å². The largest absolute Gasteiger partial charge is 0.494 e. The van der Waals surface area contributed by atoms with Crippen LogP contribution >= 0.6 is 27.7 Å². The summed E-state index contributed by atoms with van der Waals surface area (Å²) < 4.78 is 6.68. The first-order valence-electron chi connectivity index (χ1n) is 6.85. The standard InChI is InChI=1S/C16H19BrN2OS/c1-3-20-15-6-4-12(11(2)18)8-13(15)10-21-16-7-5-14(17)9-19-16/h4-9,11H,3,10,18H2,1-2H3. The van der Waals surface area contributed by atoms with Gasteiger partial charge in [0.05, 0.1) is 11.6 Å². The molecule has 0 aliphatic heterocycles. The molecule has 2 rings (SSSR count).